The molecule has 176 valence electrons. The van der Waals surface area contributed by atoms with Gasteiger partial charge in [0.1, 0.15) is 0 Å². The Bertz CT molecular complexity index is 1170. The van der Waals surface area contributed by atoms with Crippen molar-refractivity contribution in [2.75, 3.05) is 7.11 Å². The van der Waals surface area contributed by atoms with Crippen molar-refractivity contribution in [2.45, 2.75) is 45.7 Å². The lowest BCUT2D eigenvalue weighted by Gasteiger charge is -2.36. The number of allylic oxidation sites excluding steroid dienone is 1. The molecule has 0 spiro atoms. The molecule has 0 saturated heterocycles. The van der Waals surface area contributed by atoms with Gasteiger partial charge in [0.25, 0.3) is 0 Å². The zero-order valence-corrected chi connectivity index (χ0v) is 20.7. The van der Waals surface area contributed by atoms with E-state index in [4.69, 9.17) is 4.74 Å². The first-order chi connectivity index (χ1) is 16.4. The molecule has 7 heteroatoms. The number of amides is 1. The van der Waals surface area contributed by atoms with Crippen LogP contribution in [0.25, 0.3) is 0 Å². The van der Waals surface area contributed by atoms with Gasteiger partial charge in [0, 0.05) is 12.2 Å². The van der Waals surface area contributed by atoms with E-state index < -0.39 is 12.0 Å². The molecule has 0 saturated carbocycles. The molecule has 1 N–H and O–H groups in total. The van der Waals surface area contributed by atoms with Crippen molar-refractivity contribution in [3.8, 4) is 0 Å². The number of amidine groups is 1. The molecule has 2 aromatic carbocycles. The van der Waals surface area contributed by atoms with Gasteiger partial charge in [-0.3, -0.25) is 4.79 Å². The predicted molar refractivity (Wildman–Crippen MR) is 136 cm³/mol. The van der Waals surface area contributed by atoms with Gasteiger partial charge in [0.2, 0.25) is 5.91 Å². The zero-order chi connectivity index (χ0) is 24.2. The highest BCUT2D eigenvalue weighted by Crippen LogP contribution is 2.44. The number of esters is 1. The van der Waals surface area contributed by atoms with Gasteiger partial charge in [-0.05, 0) is 34.9 Å². The second-order valence-electron chi connectivity index (χ2n) is 8.65. The maximum Gasteiger partial charge on any atom is 0.338 e. The van der Waals surface area contributed by atoms with Gasteiger partial charge in [0.05, 0.1) is 30.8 Å². The molecule has 2 aliphatic heterocycles. The van der Waals surface area contributed by atoms with Crippen molar-refractivity contribution < 1.29 is 14.3 Å². The Balaban J connectivity index is 1.61. The predicted octanol–water partition coefficient (Wildman–Crippen LogP) is 5.26. The summed E-state index contributed by atoms with van der Waals surface area (Å²) in [6, 6.07) is 17.7. The van der Waals surface area contributed by atoms with Crippen LogP contribution in [-0.4, -0.2) is 29.1 Å². The van der Waals surface area contributed by atoms with Gasteiger partial charge in [-0.25, -0.2) is 9.79 Å². The highest BCUT2D eigenvalue weighted by molar-refractivity contribution is 8.16. The largest absolute Gasteiger partial charge is 0.466 e. The number of nitrogens with one attached hydrogen (secondary N) is 1. The summed E-state index contributed by atoms with van der Waals surface area (Å²) >= 11 is 1.47. The normalized spacial score (nSPS) is 17.3. The molecule has 2 aliphatic rings. The van der Waals surface area contributed by atoms with E-state index in [9.17, 15) is 9.59 Å². The smallest absolute Gasteiger partial charge is 0.338 e. The summed E-state index contributed by atoms with van der Waals surface area (Å²) in [4.78, 5) is 32.3. The second-order valence-corrected chi connectivity index (χ2v) is 9.48. The molecule has 6 nitrogen and oxygen atoms in total. The Morgan fingerprint density at radius 3 is 2.47 bits per heavy atom. The van der Waals surface area contributed by atoms with E-state index in [-0.39, 0.29) is 12.3 Å². The maximum absolute atomic E-state index is 12.8. The van der Waals surface area contributed by atoms with Gasteiger partial charge in [0.15, 0.2) is 5.17 Å². The highest BCUT2D eigenvalue weighted by Gasteiger charge is 2.40. The molecule has 0 aromatic heterocycles. The third-order valence-corrected chi connectivity index (χ3v) is 6.89. The molecule has 1 amide bonds. The van der Waals surface area contributed by atoms with Crippen LogP contribution in [0.15, 0.2) is 82.0 Å². The number of benzene rings is 2. The van der Waals surface area contributed by atoms with E-state index in [1.54, 1.807) is 0 Å². The van der Waals surface area contributed by atoms with Crippen LogP contribution in [0.5, 0.6) is 0 Å². The van der Waals surface area contributed by atoms with Crippen LogP contribution in [0.4, 0.5) is 0 Å². The lowest BCUT2D eigenvalue weighted by Crippen LogP contribution is -2.37. The Kier molecular flexibility index (Phi) is 7.22. The van der Waals surface area contributed by atoms with Crippen LogP contribution in [-0.2, 0) is 20.9 Å². The van der Waals surface area contributed by atoms with E-state index >= 15 is 0 Å². The van der Waals surface area contributed by atoms with E-state index in [1.807, 2.05) is 47.6 Å². The molecule has 0 unspecified atom stereocenters. The minimum Gasteiger partial charge on any atom is -0.466 e. The average Bonchev–Trinajstić information content (AvgIpc) is 3.23. The highest BCUT2D eigenvalue weighted by atomic mass is 32.2. The van der Waals surface area contributed by atoms with Crippen LogP contribution in [0.3, 0.4) is 0 Å². The number of ether oxygens (including phenoxy) is 1. The van der Waals surface area contributed by atoms with Crippen LogP contribution in [0.2, 0.25) is 0 Å². The molecule has 0 bridgehead atoms. The van der Waals surface area contributed by atoms with Crippen LogP contribution >= 0.6 is 11.8 Å². The number of hydrogen-bond acceptors (Lipinski definition) is 6. The first-order valence-corrected chi connectivity index (χ1v) is 12.2. The third-order valence-electron chi connectivity index (χ3n) is 6.00. The SMILES string of the molecule is COC(=O)C1=C(C)N=C2SC=C(CC(=O)NCc3ccccc3)N2[C@H]1c1ccc(C(C)C)cc1. The first-order valence-electron chi connectivity index (χ1n) is 11.3. The number of hydrogen-bond donors (Lipinski definition) is 1. The number of fused-ring (bicyclic) bond motifs is 1. The van der Waals surface area contributed by atoms with Crippen molar-refractivity contribution in [3.05, 3.63) is 93.7 Å². The number of methoxy groups -OCH3 is 1. The molecule has 0 aliphatic carbocycles. The van der Waals surface area contributed by atoms with Crippen LogP contribution in [0, 0.1) is 0 Å². The van der Waals surface area contributed by atoms with Gasteiger partial charge in [-0.2, -0.15) is 0 Å². The van der Waals surface area contributed by atoms with E-state index in [0.717, 1.165) is 22.0 Å². The number of nitrogens with zero attached hydrogens (tertiary/aromatic N) is 2. The topological polar surface area (TPSA) is 71.0 Å². The van der Waals surface area contributed by atoms with Crippen molar-refractivity contribution in [1.29, 1.82) is 0 Å². The van der Waals surface area contributed by atoms with E-state index in [0.29, 0.717) is 23.7 Å². The summed E-state index contributed by atoms with van der Waals surface area (Å²) in [6.07, 6.45) is 0.187. The summed E-state index contributed by atoms with van der Waals surface area (Å²) in [5.74, 6) is -0.0965. The van der Waals surface area contributed by atoms with Crippen LogP contribution < -0.4 is 5.32 Å². The van der Waals surface area contributed by atoms with Crippen molar-refractivity contribution >= 4 is 28.8 Å². The zero-order valence-electron chi connectivity index (χ0n) is 19.9. The van der Waals surface area contributed by atoms with Crippen LogP contribution in [0.1, 0.15) is 55.8 Å². The summed E-state index contributed by atoms with van der Waals surface area (Å²) in [6.45, 7) is 6.59. The lowest BCUT2D eigenvalue weighted by atomic mass is 9.92. The number of rotatable bonds is 7. The molecule has 0 radical (unpaired) electrons. The van der Waals surface area contributed by atoms with E-state index in [2.05, 4.69) is 48.4 Å². The Hall–Kier alpha value is -3.32. The van der Waals surface area contributed by atoms with Crippen molar-refractivity contribution in [3.63, 3.8) is 0 Å². The minimum absolute atomic E-state index is 0.0863. The number of thioether (sulfide) groups is 1. The molecular formula is C27H29N3O3S. The number of carbonyl (C=O) groups is 2. The molecule has 1 atom stereocenters. The summed E-state index contributed by atoms with van der Waals surface area (Å²) in [5, 5.41) is 5.70. The molecule has 2 aromatic rings. The van der Waals surface area contributed by atoms with Crippen molar-refractivity contribution in [2.24, 2.45) is 4.99 Å². The molecular weight excluding hydrogens is 446 g/mol. The molecule has 2 heterocycles. The number of aliphatic imine (C=N–C) groups is 1. The quantitative estimate of drug-likeness (QED) is 0.553. The average molecular weight is 476 g/mol. The van der Waals surface area contributed by atoms with Gasteiger partial charge in [-0.15, -0.1) is 0 Å². The first kappa shape index (κ1) is 23.8. The maximum atomic E-state index is 12.8. The fourth-order valence-corrected chi connectivity index (χ4v) is 5.11. The molecule has 34 heavy (non-hydrogen) atoms. The van der Waals surface area contributed by atoms with Gasteiger partial charge < -0.3 is 15.0 Å². The van der Waals surface area contributed by atoms with E-state index in [1.165, 1.54) is 24.4 Å². The standard InChI is InChI=1S/C27H29N3O3S/c1-17(2)20-10-12-21(13-11-20)25-24(26(32)33-4)18(3)29-27-30(25)22(16-34-27)14-23(31)28-15-19-8-6-5-7-9-19/h5-13,16-17,25H,14-15H2,1-4H3,(H,28,31)/t25-/m0/s1. The summed E-state index contributed by atoms with van der Waals surface area (Å²) in [7, 11) is 1.38. The Morgan fingerprint density at radius 2 is 1.82 bits per heavy atom. The monoisotopic (exact) mass is 475 g/mol. The second kappa shape index (κ2) is 10.3. The Labute approximate surface area is 204 Å². The Morgan fingerprint density at radius 1 is 1.12 bits per heavy atom. The lowest BCUT2D eigenvalue weighted by molar-refractivity contribution is -0.136. The fraction of sp³-hybridized carbons (Fsp3) is 0.296. The molecule has 0 fully saturated rings. The minimum atomic E-state index is -0.414. The van der Waals surface area contributed by atoms with Gasteiger partial charge >= 0.3 is 5.97 Å². The number of carbonyl (C=O) groups excluding carboxylic acids is 2. The molecule has 4 rings (SSSR count). The third kappa shape index (κ3) is 4.94. The fourth-order valence-electron chi connectivity index (χ4n) is 4.14. The summed E-state index contributed by atoms with van der Waals surface area (Å²) < 4.78 is 5.13. The van der Waals surface area contributed by atoms with Crippen molar-refractivity contribution in [1.82, 2.24) is 10.2 Å². The van der Waals surface area contributed by atoms with Gasteiger partial charge in [-0.1, -0.05) is 80.2 Å². The summed E-state index contributed by atoms with van der Waals surface area (Å²) in [5.41, 5.74) is 5.14.